The van der Waals surface area contributed by atoms with Crippen LogP contribution in [0.25, 0.3) is 17.1 Å². The molecule has 1 atom stereocenters. The number of rotatable bonds is 21. The number of aromatic nitrogens is 4. The number of pyridine rings is 1. The minimum atomic E-state index is -3.00. The van der Waals surface area contributed by atoms with E-state index < -0.39 is 47.7 Å². The number of benzene rings is 2. The highest BCUT2D eigenvalue weighted by Gasteiger charge is 2.44. The summed E-state index contributed by atoms with van der Waals surface area (Å²) in [5.41, 5.74) is 1.54. The fourth-order valence-electron chi connectivity index (χ4n) is 8.42. The highest BCUT2D eigenvalue weighted by Crippen LogP contribution is 2.32. The second kappa shape index (κ2) is 21.5. The number of fused-ring (bicyclic) bond motifs is 1. The van der Waals surface area contributed by atoms with Crippen molar-refractivity contribution in [1.29, 1.82) is 0 Å². The van der Waals surface area contributed by atoms with E-state index in [2.05, 4.69) is 46.6 Å². The summed E-state index contributed by atoms with van der Waals surface area (Å²) in [5.74, 6) is -1.78. The summed E-state index contributed by atoms with van der Waals surface area (Å²) in [4.78, 5) is 87.9. The molecule has 0 spiro atoms. The zero-order chi connectivity index (χ0) is 48.7. The number of ether oxygens (including phenoxy) is 2. The van der Waals surface area contributed by atoms with E-state index in [0.29, 0.717) is 54.1 Å². The second-order valence-corrected chi connectivity index (χ2v) is 17.4. The first-order valence-electron chi connectivity index (χ1n) is 23.2. The van der Waals surface area contributed by atoms with E-state index in [4.69, 9.17) is 13.9 Å². The summed E-state index contributed by atoms with van der Waals surface area (Å²) in [6, 6.07) is 13.8. The maximum absolute atomic E-state index is 14.1. The quantitative estimate of drug-likeness (QED) is 0.0496. The molecule has 1 saturated carbocycles. The van der Waals surface area contributed by atoms with Gasteiger partial charge in [-0.3, -0.25) is 39.0 Å². The van der Waals surface area contributed by atoms with Gasteiger partial charge in [-0.2, -0.15) is 5.10 Å². The lowest BCUT2D eigenvalue weighted by molar-refractivity contribution is -0.136. The van der Waals surface area contributed by atoms with E-state index in [1.165, 1.54) is 35.9 Å². The van der Waals surface area contributed by atoms with Gasteiger partial charge in [0.1, 0.15) is 18.1 Å². The third-order valence-corrected chi connectivity index (χ3v) is 12.5. The Morgan fingerprint density at radius 1 is 0.871 bits per heavy atom. The Kier molecular flexibility index (Phi) is 14.6. The average Bonchev–Trinajstić information content (AvgIpc) is 3.77. The van der Waals surface area contributed by atoms with Gasteiger partial charge in [-0.1, -0.05) is 0 Å². The van der Waals surface area contributed by atoms with Gasteiger partial charge < -0.3 is 40.1 Å². The summed E-state index contributed by atoms with van der Waals surface area (Å²) in [6.45, 7) is 5.00. The van der Waals surface area contributed by atoms with Crippen LogP contribution in [-0.2, 0) is 19.1 Å². The van der Waals surface area contributed by atoms with Crippen LogP contribution >= 0.6 is 0 Å². The SMILES string of the molecule is O=C1CCC(N2C(=O)c3ccc(NC4CCN(CCOCCOCCNC(=O)c5ccc(-n6cc(NC(=O)c7coc(-c8ccnc(NCC9CC9)c8)n7)c(C(F)F)n6)cc5)CC4)cc3C2=O)C(=O)N1. The van der Waals surface area contributed by atoms with E-state index in [0.717, 1.165) is 50.2 Å². The maximum atomic E-state index is 14.1. The number of hydrogen-bond acceptors (Lipinski definition) is 15. The summed E-state index contributed by atoms with van der Waals surface area (Å²) < 4.78 is 46.2. The number of halogens is 2. The predicted molar refractivity (Wildman–Crippen MR) is 248 cm³/mol. The predicted octanol–water partition coefficient (Wildman–Crippen LogP) is 4.67. The van der Waals surface area contributed by atoms with Crippen LogP contribution < -0.4 is 26.6 Å². The highest BCUT2D eigenvalue weighted by molar-refractivity contribution is 6.23. The maximum Gasteiger partial charge on any atom is 0.284 e. The molecular weight excluding hydrogens is 913 g/mol. The van der Waals surface area contributed by atoms with Gasteiger partial charge >= 0.3 is 0 Å². The van der Waals surface area contributed by atoms with Gasteiger partial charge in [0.15, 0.2) is 11.4 Å². The van der Waals surface area contributed by atoms with Crippen LogP contribution in [0.1, 0.15) is 92.2 Å². The molecule has 366 valence electrons. The van der Waals surface area contributed by atoms with E-state index in [1.807, 2.05) is 0 Å². The lowest BCUT2D eigenvalue weighted by atomic mass is 10.0. The largest absolute Gasteiger partial charge is 0.444 e. The van der Waals surface area contributed by atoms with E-state index in [1.54, 1.807) is 48.7 Å². The average molecular weight is 964 g/mol. The van der Waals surface area contributed by atoms with Gasteiger partial charge in [0.2, 0.25) is 17.7 Å². The molecule has 0 bridgehead atoms. The van der Waals surface area contributed by atoms with Crippen LogP contribution in [-0.4, -0.2) is 136 Å². The van der Waals surface area contributed by atoms with Gasteiger partial charge in [-0.25, -0.2) is 23.4 Å². The Balaban J connectivity index is 0.644. The first-order chi connectivity index (χ1) is 34.0. The number of nitrogens with zero attached hydrogens (tertiary/aromatic N) is 6. The number of alkyl halides is 2. The minimum absolute atomic E-state index is 0.0628. The number of nitrogens with one attached hydrogen (secondary N) is 5. The lowest BCUT2D eigenvalue weighted by Gasteiger charge is -2.32. The van der Waals surface area contributed by atoms with E-state index in [9.17, 15) is 37.5 Å². The van der Waals surface area contributed by atoms with Crippen molar-refractivity contribution in [3.05, 3.63) is 101 Å². The number of hydrogen-bond donors (Lipinski definition) is 5. The van der Waals surface area contributed by atoms with Crippen molar-refractivity contribution in [3.8, 4) is 17.1 Å². The molecule has 70 heavy (non-hydrogen) atoms. The van der Waals surface area contributed by atoms with Crippen molar-refractivity contribution in [2.24, 2.45) is 5.92 Å². The van der Waals surface area contributed by atoms with Gasteiger partial charge in [0.25, 0.3) is 30.1 Å². The second-order valence-electron chi connectivity index (χ2n) is 17.4. The number of likely N-dealkylation sites (tertiary alicyclic amines) is 1. The number of carbonyl (C=O) groups excluding carboxylic acids is 6. The Morgan fingerprint density at radius 3 is 2.40 bits per heavy atom. The summed E-state index contributed by atoms with van der Waals surface area (Å²) in [6.07, 6.45) is 5.28. The number of oxazole rings is 1. The monoisotopic (exact) mass is 963 g/mol. The minimum Gasteiger partial charge on any atom is -0.444 e. The standard InChI is InChI=1S/C48H51F2N11O9/c49-42(50)41-36(55-44(64)37-27-70-46(56-37)30-11-14-51-39(23-30)53-25-28-1-2-28)26-60(58-41)33-6-3-29(4-7-33)43(63)52-15-19-68-21-22-69-20-18-59-16-12-31(13-17-59)54-32-5-8-34-35(24-32)48(67)61(47(34)66)38-9-10-40(62)57-45(38)65/h3-8,11,14,23-24,26-28,31,38,42,54H,1-2,9-10,12-13,15-22,25H2,(H,51,53)(H,52,63)(H,55,64)(H,57,62,65). The third kappa shape index (κ3) is 11.4. The molecule has 0 radical (unpaired) electrons. The number of piperidine rings is 2. The van der Waals surface area contributed by atoms with Crippen LogP contribution in [0.4, 0.5) is 26.0 Å². The normalized spacial score (nSPS) is 17.5. The van der Waals surface area contributed by atoms with Gasteiger partial charge in [0, 0.05) is 68.2 Å². The first-order valence-corrected chi connectivity index (χ1v) is 23.2. The number of imide groups is 2. The molecule has 20 nitrogen and oxygen atoms in total. The third-order valence-electron chi connectivity index (χ3n) is 12.5. The van der Waals surface area contributed by atoms with Crippen molar-refractivity contribution in [1.82, 2.24) is 40.2 Å². The molecule has 3 fully saturated rings. The molecular formula is C48H51F2N11O9. The van der Waals surface area contributed by atoms with Crippen molar-refractivity contribution in [2.45, 2.75) is 57.0 Å². The summed E-state index contributed by atoms with van der Waals surface area (Å²) in [5, 5.41) is 18.2. The Labute approximate surface area is 399 Å². The Bertz CT molecular complexity index is 2750. The molecule has 2 saturated heterocycles. The molecule has 4 aliphatic rings. The first kappa shape index (κ1) is 47.6. The van der Waals surface area contributed by atoms with Crippen LogP contribution in [0.2, 0.25) is 0 Å². The number of anilines is 3. The molecule has 5 N–H and O–H groups in total. The fraction of sp³-hybridized carbons (Fsp3) is 0.396. The fourth-order valence-corrected chi connectivity index (χ4v) is 8.42. The molecule has 5 aromatic rings. The van der Waals surface area contributed by atoms with Crippen LogP contribution in [0.5, 0.6) is 0 Å². The zero-order valence-electron chi connectivity index (χ0n) is 38.0. The lowest BCUT2D eigenvalue weighted by Crippen LogP contribution is -2.54. The number of carbonyl (C=O) groups is 6. The molecule has 2 aromatic carbocycles. The molecule has 3 aliphatic heterocycles. The van der Waals surface area contributed by atoms with Crippen molar-refractivity contribution >= 4 is 52.6 Å². The zero-order valence-corrected chi connectivity index (χ0v) is 38.0. The summed E-state index contributed by atoms with van der Waals surface area (Å²) >= 11 is 0. The molecule has 3 aromatic heterocycles. The van der Waals surface area contributed by atoms with E-state index >= 15 is 0 Å². The Hall–Kier alpha value is -7.43. The highest BCUT2D eigenvalue weighted by atomic mass is 19.3. The van der Waals surface area contributed by atoms with Crippen molar-refractivity contribution in [3.63, 3.8) is 0 Å². The molecule has 6 amide bonds. The molecule has 1 unspecified atom stereocenters. The smallest absolute Gasteiger partial charge is 0.284 e. The van der Waals surface area contributed by atoms with Crippen LogP contribution in [0, 0.1) is 5.92 Å². The van der Waals surface area contributed by atoms with Gasteiger partial charge in [-0.15, -0.1) is 0 Å². The number of amides is 6. The summed E-state index contributed by atoms with van der Waals surface area (Å²) in [7, 11) is 0. The van der Waals surface area contributed by atoms with Gasteiger partial charge in [0.05, 0.1) is 55.1 Å². The molecule has 1 aliphatic carbocycles. The van der Waals surface area contributed by atoms with Crippen LogP contribution in [0.3, 0.4) is 0 Å². The molecule has 6 heterocycles. The van der Waals surface area contributed by atoms with Crippen molar-refractivity contribution in [2.75, 3.05) is 75.1 Å². The van der Waals surface area contributed by atoms with Crippen LogP contribution in [0.15, 0.2) is 77.7 Å². The van der Waals surface area contributed by atoms with Gasteiger partial charge in [-0.05, 0) is 92.6 Å². The van der Waals surface area contributed by atoms with E-state index in [-0.39, 0.29) is 66.3 Å². The van der Waals surface area contributed by atoms with Crippen molar-refractivity contribution < 1.29 is 51.4 Å². The Morgan fingerprint density at radius 2 is 1.64 bits per heavy atom. The topological polar surface area (TPSA) is 244 Å². The molecule has 9 rings (SSSR count). The molecule has 22 heteroatoms.